The maximum Gasteiger partial charge on any atom is 1.00 e. The summed E-state index contributed by atoms with van der Waals surface area (Å²) in [7, 11) is 0. The van der Waals surface area contributed by atoms with Gasteiger partial charge in [-0.05, 0) is 0 Å². The third-order valence-corrected chi connectivity index (χ3v) is 3.91. The van der Waals surface area contributed by atoms with Gasteiger partial charge in [0.05, 0.1) is 0 Å². The van der Waals surface area contributed by atoms with Gasteiger partial charge < -0.3 is 5.11 Å². The molecule has 0 aliphatic heterocycles. The van der Waals surface area contributed by atoms with Gasteiger partial charge in [-0.15, -0.1) is 5.41 Å². The van der Waals surface area contributed by atoms with Crippen LogP contribution in [-0.4, -0.2) is 5.11 Å². The minimum atomic E-state index is 0. The molecule has 2 heteroatoms. The van der Waals surface area contributed by atoms with E-state index in [2.05, 4.69) is 34.6 Å². The molecule has 0 unspecified atom stereocenters. The van der Waals surface area contributed by atoms with Crippen LogP contribution in [0.15, 0.2) is 0 Å². The molecule has 0 atom stereocenters. The summed E-state index contributed by atoms with van der Waals surface area (Å²) in [5.74, 6) is 0.559. The predicted molar refractivity (Wildman–Crippen MR) is 76.4 cm³/mol. The topological polar surface area (TPSA) is 20.2 Å². The molecule has 104 valence electrons. The van der Waals surface area contributed by atoms with Crippen molar-refractivity contribution in [2.45, 2.75) is 86.0 Å². The Hall–Kier alpha value is 0.557. The first-order valence-electron chi connectivity index (χ1n) is 7.57. The van der Waals surface area contributed by atoms with E-state index in [1.165, 1.54) is 38.5 Å². The molecule has 0 rings (SSSR count). The van der Waals surface area contributed by atoms with Crippen molar-refractivity contribution < 1.29 is 24.0 Å². The Kier molecular flexibility index (Phi) is 13.2. The van der Waals surface area contributed by atoms with Crippen molar-refractivity contribution in [3.05, 3.63) is 6.10 Å². The summed E-state index contributed by atoms with van der Waals surface area (Å²) in [6.45, 7) is 11.1. The zero-order valence-corrected chi connectivity index (χ0v) is 13.7. The Balaban J connectivity index is 0. The summed E-state index contributed by atoms with van der Waals surface area (Å²) in [6.07, 6.45) is 9.99. The van der Waals surface area contributed by atoms with Crippen molar-refractivity contribution in [3.8, 4) is 0 Å². The standard InChI is InChI=1S/C16H33O.Li/c1-6-9-11-16(8-3,12-10-7-2)15(17)13-14(4)5;/h14,17H,6-13H2,1-5H3;/q-1;+1. The normalized spacial score (nSPS) is 12.0. The molecule has 0 aromatic rings. The smallest absolute Gasteiger partial charge is 0.562 e. The summed E-state index contributed by atoms with van der Waals surface area (Å²) in [5, 5.41) is 10.5. The molecular formula is C16H33LiO. The molecular weight excluding hydrogens is 215 g/mol. The fourth-order valence-corrected chi connectivity index (χ4v) is 2.60. The van der Waals surface area contributed by atoms with E-state index in [0.29, 0.717) is 5.92 Å². The number of unbranched alkanes of at least 4 members (excludes halogenated alkanes) is 2. The summed E-state index contributed by atoms with van der Waals surface area (Å²) < 4.78 is 0. The molecule has 0 fully saturated rings. The van der Waals surface area contributed by atoms with Gasteiger partial charge in [-0.25, -0.2) is 0 Å². The molecule has 0 bridgehead atoms. The first kappa shape index (κ1) is 20.9. The summed E-state index contributed by atoms with van der Waals surface area (Å²) in [6, 6.07) is 0. The van der Waals surface area contributed by atoms with E-state index in [9.17, 15) is 5.11 Å². The largest absolute Gasteiger partial charge is 1.00 e. The van der Waals surface area contributed by atoms with E-state index >= 15 is 0 Å². The Labute approximate surface area is 127 Å². The monoisotopic (exact) mass is 248 g/mol. The quantitative estimate of drug-likeness (QED) is 0.465. The second-order valence-corrected chi connectivity index (χ2v) is 5.89. The fourth-order valence-electron chi connectivity index (χ4n) is 2.60. The molecule has 0 aromatic carbocycles. The minimum Gasteiger partial charge on any atom is -0.562 e. The van der Waals surface area contributed by atoms with Crippen molar-refractivity contribution in [2.24, 2.45) is 11.3 Å². The average molecular weight is 248 g/mol. The second-order valence-electron chi connectivity index (χ2n) is 5.89. The Morgan fingerprint density at radius 1 is 1.00 bits per heavy atom. The van der Waals surface area contributed by atoms with Crippen LogP contribution in [0.1, 0.15) is 86.0 Å². The van der Waals surface area contributed by atoms with E-state index in [1.807, 2.05) is 0 Å². The van der Waals surface area contributed by atoms with Gasteiger partial charge in [0.1, 0.15) is 0 Å². The third kappa shape index (κ3) is 7.22. The van der Waals surface area contributed by atoms with Crippen molar-refractivity contribution in [3.63, 3.8) is 0 Å². The van der Waals surface area contributed by atoms with Crippen molar-refractivity contribution in [1.29, 1.82) is 0 Å². The van der Waals surface area contributed by atoms with Gasteiger partial charge in [-0.1, -0.05) is 85.5 Å². The first-order chi connectivity index (χ1) is 8.02. The van der Waals surface area contributed by atoms with Gasteiger partial charge in [-0.3, -0.25) is 0 Å². The molecule has 0 aromatic heterocycles. The SMILES string of the molecule is CCCCC(CC)(CCCC)[C-](O)CC(C)C.[Li+]. The molecule has 0 saturated heterocycles. The van der Waals surface area contributed by atoms with E-state index in [1.54, 1.807) is 0 Å². The number of hydrogen-bond acceptors (Lipinski definition) is 1. The Morgan fingerprint density at radius 3 is 1.72 bits per heavy atom. The summed E-state index contributed by atoms with van der Waals surface area (Å²) in [4.78, 5) is 0. The van der Waals surface area contributed by atoms with Crippen LogP contribution < -0.4 is 18.9 Å². The first-order valence-corrected chi connectivity index (χ1v) is 7.57. The van der Waals surface area contributed by atoms with Crippen molar-refractivity contribution >= 4 is 0 Å². The van der Waals surface area contributed by atoms with Crippen LogP contribution in [0.4, 0.5) is 0 Å². The van der Waals surface area contributed by atoms with E-state index in [0.717, 1.165) is 18.9 Å². The number of aliphatic hydroxyl groups is 1. The maximum atomic E-state index is 10.5. The molecule has 0 aliphatic rings. The molecule has 0 radical (unpaired) electrons. The fraction of sp³-hybridized carbons (Fsp3) is 0.938. The molecule has 18 heavy (non-hydrogen) atoms. The van der Waals surface area contributed by atoms with Crippen LogP contribution in [0.3, 0.4) is 0 Å². The number of aliphatic hydroxyl groups excluding tert-OH is 1. The third-order valence-electron chi connectivity index (χ3n) is 3.91. The molecule has 1 N–H and O–H groups in total. The predicted octanol–water partition coefficient (Wildman–Crippen LogP) is 2.72. The Morgan fingerprint density at radius 2 is 1.44 bits per heavy atom. The van der Waals surface area contributed by atoms with Crippen LogP contribution in [-0.2, 0) is 0 Å². The van der Waals surface area contributed by atoms with Crippen LogP contribution in [0.25, 0.3) is 0 Å². The minimum absolute atomic E-state index is 0. The van der Waals surface area contributed by atoms with Crippen molar-refractivity contribution in [2.75, 3.05) is 0 Å². The average Bonchev–Trinajstić information content (AvgIpc) is 2.29. The van der Waals surface area contributed by atoms with Gasteiger partial charge in [0.15, 0.2) is 0 Å². The molecule has 0 heterocycles. The van der Waals surface area contributed by atoms with Gasteiger partial charge in [0.2, 0.25) is 0 Å². The molecule has 0 spiro atoms. The number of rotatable bonds is 10. The van der Waals surface area contributed by atoms with Crippen molar-refractivity contribution in [1.82, 2.24) is 0 Å². The maximum absolute atomic E-state index is 10.5. The van der Waals surface area contributed by atoms with E-state index < -0.39 is 0 Å². The molecule has 0 aliphatic carbocycles. The summed E-state index contributed by atoms with van der Waals surface area (Å²) in [5.41, 5.74) is 0.107. The second kappa shape index (κ2) is 11.4. The van der Waals surface area contributed by atoms with E-state index in [-0.39, 0.29) is 24.3 Å². The van der Waals surface area contributed by atoms with Crippen LogP contribution >= 0.6 is 0 Å². The van der Waals surface area contributed by atoms with Gasteiger partial charge in [0, 0.05) is 0 Å². The zero-order chi connectivity index (χ0) is 13.3. The van der Waals surface area contributed by atoms with Crippen LogP contribution in [0, 0.1) is 17.4 Å². The van der Waals surface area contributed by atoms with Gasteiger partial charge in [0.25, 0.3) is 0 Å². The molecule has 0 amide bonds. The van der Waals surface area contributed by atoms with Crippen LogP contribution in [0.2, 0.25) is 0 Å². The Bertz CT molecular complexity index is 172. The molecule has 1 nitrogen and oxygen atoms in total. The van der Waals surface area contributed by atoms with Gasteiger partial charge in [-0.2, -0.15) is 12.5 Å². The van der Waals surface area contributed by atoms with Crippen LogP contribution in [0.5, 0.6) is 0 Å². The van der Waals surface area contributed by atoms with E-state index in [4.69, 9.17) is 0 Å². The number of hydrogen-bond donors (Lipinski definition) is 1. The summed E-state index contributed by atoms with van der Waals surface area (Å²) >= 11 is 0. The molecule has 0 saturated carbocycles. The zero-order valence-electron chi connectivity index (χ0n) is 13.7. The van der Waals surface area contributed by atoms with Gasteiger partial charge >= 0.3 is 18.9 Å².